The van der Waals surface area contributed by atoms with E-state index in [1.807, 2.05) is 30.3 Å². The number of furan rings is 1. The van der Waals surface area contributed by atoms with Gasteiger partial charge in [-0.2, -0.15) is 0 Å². The lowest BCUT2D eigenvalue weighted by atomic mass is 9.95. The zero-order valence-corrected chi connectivity index (χ0v) is 14.5. The second-order valence-electron chi connectivity index (χ2n) is 6.30. The average molecular weight is 357 g/mol. The van der Waals surface area contributed by atoms with Gasteiger partial charge in [-0.1, -0.05) is 49.2 Å². The summed E-state index contributed by atoms with van der Waals surface area (Å²) >= 11 is 1.22. The highest BCUT2D eigenvalue weighted by Crippen LogP contribution is 2.36. The summed E-state index contributed by atoms with van der Waals surface area (Å²) in [6, 6.07) is 10.1. The fraction of sp³-hybridized carbons (Fsp3) is 0.389. The first-order chi connectivity index (χ1) is 12.2. The molecule has 7 heteroatoms. The zero-order valence-electron chi connectivity index (χ0n) is 13.7. The summed E-state index contributed by atoms with van der Waals surface area (Å²) in [4.78, 5) is 11.0. The van der Waals surface area contributed by atoms with Gasteiger partial charge in [-0.05, 0) is 25.0 Å². The van der Waals surface area contributed by atoms with Gasteiger partial charge in [-0.3, -0.25) is 9.36 Å². The lowest BCUT2D eigenvalue weighted by Crippen LogP contribution is -2.15. The molecule has 130 valence electrons. The number of carboxylic acids is 1. The van der Waals surface area contributed by atoms with Gasteiger partial charge in [0.05, 0.1) is 5.75 Å². The Morgan fingerprint density at radius 1 is 1.24 bits per heavy atom. The predicted octanol–water partition coefficient (Wildman–Crippen LogP) is 4.37. The minimum atomic E-state index is -0.853. The quantitative estimate of drug-likeness (QED) is 0.683. The lowest BCUT2D eigenvalue weighted by molar-refractivity contribution is -0.133. The number of aliphatic carboxylic acids is 1. The van der Waals surface area contributed by atoms with Gasteiger partial charge < -0.3 is 9.52 Å². The highest BCUT2D eigenvalue weighted by Gasteiger charge is 2.25. The van der Waals surface area contributed by atoms with Crippen LogP contribution in [-0.2, 0) is 4.79 Å². The van der Waals surface area contributed by atoms with E-state index in [2.05, 4.69) is 14.8 Å². The summed E-state index contributed by atoms with van der Waals surface area (Å²) in [5.41, 5.74) is 0.815. The third-order valence-electron chi connectivity index (χ3n) is 4.58. The van der Waals surface area contributed by atoms with Crippen molar-refractivity contribution < 1.29 is 14.3 Å². The van der Waals surface area contributed by atoms with Crippen molar-refractivity contribution in [1.29, 1.82) is 0 Å². The molecule has 0 bridgehead atoms. The Kier molecular flexibility index (Phi) is 4.48. The van der Waals surface area contributed by atoms with Crippen LogP contribution >= 0.6 is 11.8 Å². The van der Waals surface area contributed by atoms with Crippen molar-refractivity contribution in [2.45, 2.75) is 43.3 Å². The Morgan fingerprint density at radius 2 is 2.04 bits per heavy atom. The highest BCUT2D eigenvalue weighted by atomic mass is 32.2. The first-order valence-corrected chi connectivity index (χ1v) is 9.49. The summed E-state index contributed by atoms with van der Waals surface area (Å²) in [7, 11) is 0. The van der Waals surface area contributed by atoms with Crippen molar-refractivity contribution in [2.75, 3.05) is 5.75 Å². The molecule has 4 rings (SSSR count). The summed E-state index contributed by atoms with van der Waals surface area (Å²) in [6.45, 7) is 0. The molecule has 2 heterocycles. The fourth-order valence-corrected chi connectivity index (χ4v) is 4.16. The van der Waals surface area contributed by atoms with Crippen LogP contribution in [0.2, 0.25) is 0 Å². The molecule has 1 N–H and O–H groups in total. The number of thioether (sulfide) groups is 1. The van der Waals surface area contributed by atoms with Crippen LogP contribution in [0.25, 0.3) is 22.6 Å². The Balaban J connectivity index is 1.76. The minimum absolute atomic E-state index is 0.0228. The molecule has 1 aliphatic rings. The van der Waals surface area contributed by atoms with Crippen LogP contribution in [-0.4, -0.2) is 31.6 Å². The van der Waals surface area contributed by atoms with E-state index in [1.165, 1.54) is 31.0 Å². The molecule has 2 aromatic heterocycles. The van der Waals surface area contributed by atoms with Crippen molar-refractivity contribution in [3.05, 3.63) is 30.3 Å². The standard InChI is InChI=1S/C18H19N3O3S/c22-16(23)11-25-18-20-19-17(21(18)13-7-2-1-3-8-13)15-10-12-6-4-5-9-14(12)24-15/h4-6,9-10,13H,1-3,7-8,11H2,(H,22,23). The van der Waals surface area contributed by atoms with E-state index in [9.17, 15) is 4.79 Å². The zero-order chi connectivity index (χ0) is 17.2. The number of hydrogen-bond acceptors (Lipinski definition) is 5. The van der Waals surface area contributed by atoms with E-state index in [1.54, 1.807) is 0 Å². The van der Waals surface area contributed by atoms with E-state index in [4.69, 9.17) is 9.52 Å². The SMILES string of the molecule is O=C(O)CSc1nnc(-c2cc3ccccc3o2)n1C1CCCCC1. The predicted molar refractivity (Wildman–Crippen MR) is 95.7 cm³/mol. The fourth-order valence-electron chi connectivity index (χ4n) is 3.43. The molecule has 1 saturated carbocycles. The Hall–Kier alpha value is -2.28. The molecule has 0 aliphatic heterocycles. The molecule has 0 radical (unpaired) electrons. The average Bonchev–Trinajstić information content (AvgIpc) is 3.24. The Labute approximate surface area is 149 Å². The highest BCUT2D eigenvalue weighted by molar-refractivity contribution is 7.99. The number of fused-ring (bicyclic) bond motifs is 1. The van der Waals surface area contributed by atoms with Crippen LogP contribution < -0.4 is 0 Å². The molecule has 0 spiro atoms. The molecular formula is C18H19N3O3S. The van der Waals surface area contributed by atoms with Crippen LogP contribution in [0, 0.1) is 0 Å². The summed E-state index contributed by atoms with van der Waals surface area (Å²) in [5.74, 6) is 0.497. The number of carboxylic acid groups (broad SMARTS) is 1. The van der Waals surface area contributed by atoms with Gasteiger partial charge in [0.15, 0.2) is 10.9 Å². The number of nitrogens with zero attached hydrogens (tertiary/aromatic N) is 3. The molecular weight excluding hydrogens is 338 g/mol. The minimum Gasteiger partial charge on any atom is -0.481 e. The second-order valence-corrected chi connectivity index (χ2v) is 7.24. The van der Waals surface area contributed by atoms with E-state index < -0.39 is 5.97 Å². The molecule has 25 heavy (non-hydrogen) atoms. The number of para-hydroxylation sites is 1. The van der Waals surface area contributed by atoms with Crippen molar-refractivity contribution in [1.82, 2.24) is 14.8 Å². The molecule has 6 nitrogen and oxygen atoms in total. The summed E-state index contributed by atoms with van der Waals surface area (Å²) in [5, 5.41) is 19.3. The van der Waals surface area contributed by atoms with E-state index >= 15 is 0 Å². The first-order valence-electron chi connectivity index (χ1n) is 8.51. The second kappa shape index (κ2) is 6.92. The van der Waals surface area contributed by atoms with Gasteiger partial charge in [0.1, 0.15) is 5.58 Å². The number of benzene rings is 1. The molecule has 1 aliphatic carbocycles. The first kappa shape index (κ1) is 16.2. The summed E-state index contributed by atoms with van der Waals surface area (Å²) < 4.78 is 8.06. The number of rotatable bonds is 5. The van der Waals surface area contributed by atoms with Crippen LogP contribution in [0.3, 0.4) is 0 Å². The third-order valence-corrected chi connectivity index (χ3v) is 5.50. The van der Waals surface area contributed by atoms with Gasteiger partial charge in [-0.15, -0.1) is 10.2 Å². The molecule has 0 unspecified atom stereocenters. The maximum absolute atomic E-state index is 11.0. The maximum Gasteiger partial charge on any atom is 0.313 e. The van der Waals surface area contributed by atoms with Gasteiger partial charge in [0.2, 0.25) is 5.82 Å². The van der Waals surface area contributed by atoms with Crippen LogP contribution in [0.1, 0.15) is 38.1 Å². The largest absolute Gasteiger partial charge is 0.481 e. The maximum atomic E-state index is 11.0. The molecule has 3 aromatic rings. The van der Waals surface area contributed by atoms with Gasteiger partial charge in [0.25, 0.3) is 0 Å². The van der Waals surface area contributed by atoms with Crippen molar-refractivity contribution in [3.8, 4) is 11.6 Å². The molecule has 1 fully saturated rings. The number of hydrogen-bond donors (Lipinski definition) is 1. The number of carbonyl (C=O) groups is 1. The van der Waals surface area contributed by atoms with Gasteiger partial charge >= 0.3 is 5.97 Å². The smallest absolute Gasteiger partial charge is 0.313 e. The van der Waals surface area contributed by atoms with Crippen molar-refractivity contribution >= 4 is 28.7 Å². The molecule has 0 atom stereocenters. The van der Waals surface area contributed by atoms with E-state index in [0.29, 0.717) is 22.8 Å². The topological polar surface area (TPSA) is 81.2 Å². The molecule has 0 amide bonds. The lowest BCUT2D eigenvalue weighted by Gasteiger charge is -2.25. The van der Waals surface area contributed by atoms with Crippen LogP contribution in [0.15, 0.2) is 39.9 Å². The number of aromatic nitrogens is 3. The van der Waals surface area contributed by atoms with Crippen LogP contribution in [0.4, 0.5) is 0 Å². The van der Waals surface area contributed by atoms with Gasteiger partial charge in [0, 0.05) is 11.4 Å². The Morgan fingerprint density at radius 3 is 2.80 bits per heavy atom. The van der Waals surface area contributed by atoms with Crippen LogP contribution in [0.5, 0.6) is 0 Å². The van der Waals surface area contributed by atoms with E-state index in [0.717, 1.165) is 23.8 Å². The monoisotopic (exact) mass is 357 g/mol. The normalized spacial score (nSPS) is 15.7. The third kappa shape index (κ3) is 3.28. The van der Waals surface area contributed by atoms with Gasteiger partial charge in [-0.25, -0.2) is 0 Å². The molecule has 0 saturated heterocycles. The summed E-state index contributed by atoms with van der Waals surface area (Å²) in [6.07, 6.45) is 5.71. The van der Waals surface area contributed by atoms with E-state index in [-0.39, 0.29) is 5.75 Å². The van der Waals surface area contributed by atoms with Crippen molar-refractivity contribution in [2.24, 2.45) is 0 Å². The van der Waals surface area contributed by atoms with Crippen molar-refractivity contribution in [3.63, 3.8) is 0 Å². The Bertz CT molecular complexity index is 863. The molecule has 1 aromatic carbocycles.